The van der Waals surface area contributed by atoms with E-state index in [-0.39, 0.29) is 19.0 Å². The van der Waals surface area contributed by atoms with Crippen molar-refractivity contribution in [2.45, 2.75) is 50.6 Å². The maximum Gasteiger partial charge on any atom is 0.151 e. The number of hydrogen-bond acceptors (Lipinski definition) is 9. The molecule has 1 aromatic heterocycles. The van der Waals surface area contributed by atoms with Gasteiger partial charge in [0.1, 0.15) is 42.0 Å². The van der Waals surface area contributed by atoms with Gasteiger partial charge in [0.25, 0.3) is 0 Å². The molecule has 1 unspecified atom stereocenters. The van der Waals surface area contributed by atoms with Gasteiger partial charge in [-0.1, -0.05) is 6.42 Å². The van der Waals surface area contributed by atoms with Gasteiger partial charge < -0.3 is 24.6 Å². The van der Waals surface area contributed by atoms with Crippen LogP contribution in [0.15, 0.2) is 41.0 Å². The van der Waals surface area contributed by atoms with Crippen molar-refractivity contribution in [3.05, 3.63) is 48.0 Å². The van der Waals surface area contributed by atoms with E-state index in [1.54, 1.807) is 6.07 Å². The van der Waals surface area contributed by atoms with Gasteiger partial charge in [-0.15, -0.1) is 0 Å². The first-order chi connectivity index (χ1) is 17.9. The second kappa shape index (κ2) is 9.79. The summed E-state index contributed by atoms with van der Waals surface area (Å²) in [7, 11) is -2.24. The maximum absolute atomic E-state index is 14.2. The molecule has 0 radical (unpaired) electrons. The molecule has 11 heteroatoms. The van der Waals surface area contributed by atoms with Crippen LogP contribution >= 0.6 is 0 Å². The third-order valence-electron chi connectivity index (χ3n) is 7.08. The van der Waals surface area contributed by atoms with Crippen molar-refractivity contribution in [2.24, 2.45) is 4.36 Å². The zero-order valence-electron chi connectivity index (χ0n) is 20.4. The summed E-state index contributed by atoms with van der Waals surface area (Å²) in [5, 5.41) is 14.1. The van der Waals surface area contributed by atoms with Crippen LogP contribution in [0.3, 0.4) is 0 Å². The number of halogens is 1. The SMILES string of the molecule is Cc1cc(N=S2(=O)CCCCC2)cc2ncnc(Nc3ccc(F)cc3O[C@@H]3COC4[C@H](O)CO[C@@H]43)c12. The highest BCUT2D eigenvalue weighted by Crippen LogP contribution is 2.36. The summed E-state index contributed by atoms with van der Waals surface area (Å²) in [5.41, 5.74) is 2.71. The number of hydrogen-bond donors (Lipinski definition) is 2. The van der Waals surface area contributed by atoms with E-state index in [4.69, 9.17) is 14.2 Å². The standard InChI is InChI=1S/C26H29FN4O5S/c1-15-9-17(31-37(33)7-3-2-4-8-37)11-19-23(15)26(29-14-28-19)30-18-6-5-16(27)10-21(18)36-22-13-35-24-20(32)12-34-25(22)24/h5-6,9-11,14,20,22,24-25,32H,2-4,7-8,12-13H2,1H3,(H,28,29,30)/t20-,22-,24?,25-/m1/s1. The normalized spacial score (nSPS) is 26.7. The zero-order valence-corrected chi connectivity index (χ0v) is 21.2. The summed E-state index contributed by atoms with van der Waals surface area (Å²) in [4.78, 5) is 8.87. The third kappa shape index (κ3) is 4.88. The van der Waals surface area contributed by atoms with Crippen molar-refractivity contribution in [1.82, 2.24) is 9.97 Å². The van der Waals surface area contributed by atoms with Gasteiger partial charge in [-0.25, -0.2) is 18.6 Å². The number of anilines is 2. The van der Waals surface area contributed by atoms with Gasteiger partial charge in [-0.05, 0) is 49.6 Å². The van der Waals surface area contributed by atoms with Crippen LogP contribution < -0.4 is 10.1 Å². The Kier molecular flexibility index (Phi) is 6.47. The molecule has 3 saturated heterocycles. The number of fused-ring (bicyclic) bond motifs is 2. The van der Waals surface area contributed by atoms with Crippen LogP contribution in [-0.2, 0) is 19.2 Å². The minimum atomic E-state index is -2.24. The lowest BCUT2D eigenvalue weighted by Gasteiger charge is -2.21. The minimum absolute atomic E-state index is 0.179. The van der Waals surface area contributed by atoms with Crippen LogP contribution in [0.2, 0.25) is 0 Å². The Labute approximate surface area is 214 Å². The predicted molar refractivity (Wildman–Crippen MR) is 138 cm³/mol. The lowest BCUT2D eigenvalue weighted by atomic mass is 10.1. The second-order valence-corrected chi connectivity index (χ2v) is 12.3. The number of benzene rings is 2. The van der Waals surface area contributed by atoms with Crippen molar-refractivity contribution >= 4 is 37.8 Å². The zero-order chi connectivity index (χ0) is 25.6. The molecular weight excluding hydrogens is 499 g/mol. The van der Waals surface area contributed by atoms with Crippen molar-refractivity contribution in [1.29, 1.82) is 0 Å². The number of ether oxygens (including phenoxy) is 3. The van der Waals surface area contributed by atoms with E-state index in [2.05, 4.69) is 19.6 Å². The molecule has 4 atom stereocenters. The van der Waals surface area contributed by atoms with E-state index < -0.39 is 40.0 Å². The Bertz CT molecular complexity index is 1450. The lowest BCUT2D eigenvalue weighted by Crippen LogP contribution is -2.34. The van der Waals surface area contributed by atoms with E-state index in [1.807, 2.05) is 19.1 Å². The lowest BCUT2D eigenvalue weighted by molar-refractivity contribution is 0.00871. The summed E-state index contributed by atoms with van der Waals surface area (Å²) in [6.07, 6.45) is 2.36. The summed E-state index contributed by atoms with van der Waals surface area (Å²) in [6, 6.07) is 7.96. The number of aliphatic hydroxyl groups excluding tert-OH is 1. The van der Waals surface area contributed by atoms with Gasteiger partial charge in [0.15, 0.2) is 6.10 Å². The van der Waals surface area contributed by atoms with Crippen LogP contribution in [-0.4, -0.2) is 68.4 Å². The molecule has 3 aliphatic rings. The van der Waals surface area contributed by atoms with Gasteiger partial charge in [0.05, 0.1) is 39.8 Å². The topological polar surface area (TPSA) is 115 Å². The fourth-order valence-corrected chi connectivity index (χ4v) is 7.46. The molecule has 196 valence electrons. The smallest absolute Gasteiger partial charge is 0.151 e. The van der Waals surface area contributed by atoms with E-state index in [1.165, 1.54) is 18.5 Å². The van der Waals surface area contributed by atoms with E-state index in [0.29, 0.717) is 34.2 Å². The molecule has 4 heterocycles. The van der Waals surface area contributed by atoms with Gasteiger partial charge in [0.2, 0.25) is 0 Å². The van der Waals surface area contributed by atoms with Crippen molar-refractivity contribution < 1.29 is 27.9 Å². The third-order valence-corrected chi connectivity index (χ3v) is 9.47. The highest BCUT2D eigenvalue weighted by atomic mass is 32.2. The first kappa shape index (κ1) is 24.5. The Morgan fingerprint density at radius 1 is 1.11 bits per heavy atom. The number of nitrogens with zero attached hydrogens (tertiary/aromatic N) is 3. The van der Waals surface area contributed by atoms with E-state index >= 15 is 0 Å². The minimum Gasteiger partial charge on any atom is -0.483 e. The van der Waals surface area contributed by atoms with Crippen LogP contribution in [0, 0.1) is 12.7 Å². The molecule has 0 amide bonds. The predicted octanol–water partition coefficient (Wildman–Crippen LogP) is 4.01. The summed E-state index contributed by atoms with van der Waals surface area (Å²) >= 11 is 0. The molecule has 0 spiro atoms. The molecule has 3 aromatic rings. The van der Waals surface area contributed by atoms with Crippen molar-refractivity contribution in [3.63, 3.8) is 0 Å². The number of aliphatic hydroxyl groups is 1. The first-order valence-corrected chi connectivity index (χ1v) is 14.4. The largest absolute Gasteiger partial charge is 0.483 e. The number of rotatable bonds is 5. The maximum atomic E-state index is 14.2. The Hall–Kier alpha value is -2.86. The number of nitrogens with one attached hydrogen (secondary N) is 1. The molecule has 0 saturated carbocycles. The highest BCUT2D eigenvalue weighted by molar-refractivity contribution is 7.93. The second-order valence-electron chi connectivity index (χ2n) is 9.80. The quantitative estimate of drug-likeness (QED) is 0.511. The van der Waals surface area contributed by atoms with Gasteiger partial charge >= 0.3 is 0 Å². The molecule has 3 fully saturated rings. The fourth-order valence-electron chi connectivity index (χ4n) is 5.27. The molecule has 37 heavy (non-hydrogen) atoms. The Morgan fingerprint density at radius 2 is 1.92 bits per heavy atom. The number of aryl methyl sites for hydroxylation is 1. The molecular formula is C26H29FN4O5S. The van der Waals surface area contributed by atoms with Crippen LogP contribution in [0.25, 0.3) is 10.9 Å². The van der Waals surface area contributed by atoms with E-state index in [9.17, 15) is 13.7 Å². The molecule has 3 aliphatic heterocycles. The van der Waals surface area contributed by atoms with E-state index in [0.717, 1.165) is 30.2 Å². The first-order valence-electron chi connectivity index (χ1n) is 12.5. The highest BCUT2D eigenvalue weighted by Gasteiger charge is 2.48. The molecule has 6 rings (SSSR count). The van der Waals surface area contributed by atoms with Gasteiger partial charge in [-0.2, -0.15) is 4.36 Å². The molecule has 0 bridgehead atoms. The summed E-state index contributed by atoms with van der Waals surface area (Å²) < 4.78 is 49.4. The average molecular weight is 529 g/mol. The molecule has 0 aliphatic carbocycles. The molecule has 2 N–H and O–H groups in total. The Morgan fingerprint density at radius 3 is 2.76 bits per heavy atom. The van der Waals surface area contributed by atoms with Crippen molar-refractivity contribution in [3.8, 4) is 5.75 Å². The Balaban J connectivity index is 1.31. The molecule has 9 nitrogen and oxygen atoms in total. The summed E-state index contributed by atoms with van der Waals surface area (Å²) in [6.45, 7) is 2.34. The summed E-state index contributed by atoms with van der Waals surface area (Å²) in [5.74, 6) is 1.62. The monoisotopic (exact) mass is 528 g/mol. The van der Waals surface area contributed by atoms with Crippen LogP contribution in [0.4, 0.5) is 21.6 Å². The average Bonchev–Trinajstić information content (AvgIpc) is 3.44. The van der Waals surface area contributed by atoms with Gasteiger partial charge in [0, 0.05) is 23.0 Å². The molecule has 2 aromatic carbocycles. The van der Waals surface area contributed by atoms with Gasteiger partial charge in [-0.3, -0.25) is 0 Å². The van der Waals surface area contributed by atoms with Crippen LogP contribution in [0.5, 0.6) is 5.75 Å². The number of aromatic nitrogens is 2. The van der Waals surface area contributed by atoms with Crippen LogP contribution in [0.1, 0.15) is 24.8 Å². The van der Waals surface area contributed by atoms with Crippen molar-refractivity contribution in [2.75, 3.05) is 30.0 Å². The fraction of sp³-hybridized carbons (Fsp3) is 0.462.